The summed E-state index contributed by atoms with van der Waals surface area (Å²) >= 11 is 0. The third-order valence-electron chi connectivity index (χ3n) is 1.95. The van der Waals surface area contributed by atoms with Crippen LogP contribution in [0, 0.1) is 0 Å². The maximum absolute atomic E-state index is 11.6. The number of carbonyl (C=O) groups is 1. The number of rotatable bonds is 2. The van der Waals surface area contributed by atoms with Crippen LogP contribution in [0.2, 0.25) is 0 Å². The third-order valence-corrected chi connectivity index (χ3v) is 1.95. The second-order valence-electron chi connectivity index (χ2n) is 4.97. The number of nitrogens with zero attached hydrogens (tertiary/aromatic N) is 2. The average Bonchev–Trinajstić information content (AvgIpc) is 2.48. The third kappa shape index (κ3) is 3.08. The van der Waals surface area contributed by atoms with Crippen LogP contribution in [0.15, 0.2) is 12.4 Å². The Morgan fingerprint density at radius 2 is 2.07 bits per heavy atom. The average molecular weight is 209 g/mol. The predicted octanol–water partition coefficient (Wildman–Crippen LogP) is 1.78. The highest BCUT2D eigenvalue weighted by molar-refractivity contribution is 5.93. The van der Waals surface area contributed by atoms with Crippen LogP contribution in [0.5, 0.6) is 0 Å². The van der Waals surface area contributed by atoms with E-state index in [4.69, 9.17) is 0 Å². The van der Waals surface area contributed by atoms with Crippen LogP contribution in [-0.4, -0.2) is 21.7 Å². The van der Waals surface area contributed by atoms with Crippen LogP contribution in [-0.2, 0) is 5.54 Å². The van der Waals surface area contributed by atoms with E-state index in [2.05, 4.69) is 10.4 Å². The lowest BCUT2D eigenvalue weighted by molar-refractivity contribution is 0.0943. The number of hydrogen-bond acceptors (Lipinski definition) is 2. The van der Waals surface area contributed by atoms with Crippen molar-refractivity contribution >= 4 is 5.91 Å². The SMILES string of the molecule is CC(C)NC(=O)c1cnn(C(C)(C)C)c1. The summed E-state index contributed by atoms with van der Waals surface area (Å²) in [6.07, 6.45) is 3.38. The Labute approximate surface area is 90.7 Å². The largest absolute Gasteiger partial charge is 0.350 e. The zero-order valence-corrected chi connectivity index (χ0v) is 10.0. The molecular formula is C11H19N3O. The lowest BCUT2D eigenvalue weighted by Gasteiger charge is -2.18. The first-order chi connectivity index (χ1) is 6.80. The molecule has 4 heteroatoms. The molecule has 1 heterocycles. The van der Waals surface area contributed by atoms with Crippen LogP contribution < -0.4 is 5.32 Å². The molecular weight excluding hydrogens is 190 g/mol. The monoisotopic (exact) mass is 209 g/mol. The van der Waals surface area contributed by atoms with E-state index >= 15 is 0 Å². The summed E-state index contributed by atoms with van der Waals surface area (Å²) in [5.41, 5.74) is 0.523. The van der Waals surface area contributed by atoms with Crippen molar-refractivity contribution in [1.29, 1.82) is 0 Å². The molecule has 0 saturated heterocycles. The summed E-state index contributed by atoms with van der Waals surface area (Å²) in [6.45, 7) is 10.0. The number of hydrogen-bond donors (Lipinski definition) is 1. The molecule has 0 aliphatic carbocycles. The van der Waals surface area contributed by atoms with Gasteiger partial charge in [-0.1, -0.05) is 0 Å². The molecule has 0 spiro atoms. The molecule has 0 bridgehead atoms. The Kier molecular flexibility index (Phi) is 3.17. The first-order valence-electron chi connectivity index (χ1n) is 5.16. The maximum Gasteiger partial charge on any atom is 0.254 e. The molecule has 0 unspecified atom stereocenters. The van der Waals surface area contributed by atoms with E-state index in [1.165, 1.54) is 0 Å². The van der Waals surface area contributed by atoms with Gasteiger partial charge in [0.2, 0.25) is 0 Å². The van der Waals surface area contributed by atoms with Crippen molar-refractivity contribution in [3.05, 3.63) is 18.0 Å². The van der Waals surface area contributed by atoms with Gasteiger partial charge in [-0.15, -0.1) is 0 Å². The molecule has 0 aliphatic rings. The summed E-state index contributed by atoms with van der Waals surface area (Å²) in [5.74, 6) is -0.0690. The van der Waals surface area contributed by atoms with Gasteiger partial charge in [0.1, 0.15) is 0 Å². The van der Waals surface area contributed by atoms with E-state index < -0.39 is 0 Å². The van der Waals surface area contributed by atoms with Crippen LogP contribution in [0.4, 0.5) is 0 Å². The van der Waals surface area contributed by atoms with Gasteiger partial charge in [-0.2, -0.15) is 5.10 Å². The molecule has 4 nitrogen and oxygen atoms in total. The summed E-state index contributed by atoms with van der Waals surface area (Å²) in [7, 11) is 0. The van der Waals surface area contributed by atoms with Gasteiger partial charge in [-0.3, -0.25) is 9.48 Å². The lowest BCUT2D eigenvalue weighted by atomic mass is 10.1. The summed E-state index contributed by atoms with van der Waals surface area (Å²) < 4.78 is 1.79. The minimum absolute atomic E-state index is 0.0690. The normalized spacial score (nSPS) is 11.9. The highest BCUT2D eigenvalue weighted by atomic mass is 16.1. The van der Waals surface area contributed by atoms with E-state index in [1.807, 2.05) is 34.6 Å². The number of carbonyl (C=O) groups excluding carboxylic acids is 1. The molecule has 0 atom stereocenters. The Bertz CT molecular complexity index is 347. The van der Waals surface area contributed by atoms with E-state index in [0.717, 1.165) is 0 Å². The number of aromatic nitrogens is 2. The summed E-state index contributed by atoms with van der Waals surface area (Å²) in [6, 6.07) is 0.149. The van der Waals surface area contributed by atoms with Crippen molar-refractivity contribution in [1.82, 2.24) is 15.1 Å². The van der Waals surface area contributed by atoms with E-state index in [0.29, 0.717) is 5.56 Å². The molecule has 84 valence electrons. The first-order valence-corrected chi connectivity index (χ1v) is 5.16. The van der Waals surface area contributed by atoms with Crippen LogP contribution >= 0.6 is 0 Å². The minimum atomic E-state index is -0.0869. The van der Waals surface area contributed by atoms with Crippen molar-refractivity contribution < 1.29 is 4.79 Å². The van der Waals surface area contributed by atoms with Gasteiger partial charge in [0.15, 0.2) is 0 Å². The molecule has 1 aromatic rings. The zero-order valence-electron chi connectivity index (χ0n) is 10.0. The standard InChI is InChI=1S/C11H19N3O/c1-8(2)13-10(15)9-6-12-14(7-9)11(3,4)5/h6-8H,1-5H3,(H,13,15). The maximum atomic E-state index is 11.6. The fourth-order valence-corrected chi connectivity index (χ4v) is 1.15. The van der Waals surface area contributed by atoms with Crippen molar-refractivity contribution in [2.24, 2.45) is 0 Å². The fraction of sp³-hybridized carbons (Fsp3) is 0.636. The van der Waals surface area contributed by atoms with Crippen molar-refractivity contribution in [3.63, 3.8) is 0 Å². The van der Waals surface area contributed by atoms with Gasteiger partial charge < -0.3 is 5.32 Å². The van der Waals surface area contributed by atoms with Gasteiger partial charge in [0, 0.05) is 12.2 Å². The van der Waals surface area contributed by atoms with Gasteiger partial charge >= 0.3 is 0 Å². The van der Waals surface area contributed by atoms with Crippen molar-refractivity contribution in [3.8, 4) is 0 Å². The van der Waals surface area contributed by atoms with Crippen LogP contribution in [0.25, 0.3) is 0 Å². The Morgan fingerprint density at radius 3 is 2.47 bits per heavy atom. The van der Waals surface area contributed by atoms with Gasteiger partial charge in [-0.25, -0.2) is 0 Å². The smallest absolute Gasteiger partial charge is 0.254 e. The molecule has 0 fully saturated rings. The minimum Gasteiger partial charge on any atom is -0.350 e. The van der Waals surface area contributed by atoms with Gasteiger partial charge in [0.25, 0.3) is 5.91 Å². The second kappa shape index (κ2) is 4.04. The topological polar surface area (TPSA) is 46.9 Å². The molecule has 1 rings (SSSR count). The molecule has 1 amide bonds. The summed E-state index contributed by atoms with van der Waals surface area (Å²) in [4.78, 5) is 11.6. The number of amides is 1. The quantitative estimate of drug-likeness (QED) is 0.807. The van der Waals surface area contributed by atoms with Crippen molar-refractivity contribution in [2.75, 3.05) is 0 Å². The highest BCUT2D eigenvalue weighted by Gasteiger charge is 2.16. The van der Waals surface area contributed by atoms with E-state index in [-0.39, 0.29) is 17.5 Å². The second-order valence-corrected chi connectivity index (χ2v) is 4.97. The molecule has 1 N–H and O–H groups in total. The van der Waals surface area contributed by atoms with Gasteiger partial charge in [0.05, 0.1) is 17.3 Å². The van der Waals surface area contributed by atoms with Gasteiger partial charge in [-0.05, 0) is 34.6 Å². The summed E-state index contributed by atoms with van der Waals surface area (Å²) in [5, 5.41) is 7.00. The Morgan fingerprint density at radius 1 is 1.47 bits per heavy atom. The predicted molar refractivity (Wildman–Crippen MR) is 59.8 cm³/mol. The molecule has 0 radical (unpaired) electrons. The van der Waals surface area contributed by atoms with Crippen molar-refractivity contribution in [2.45, 2.75) is 46.2 Å². The highest BCUT2D eigenvalue weighted by Crippen LogP contribution is 2.13. The zero-order chi connectivity index (χ0) is 11.6. The van der Waals surface area contributed by atoms with E-state index in [1.54, 1.807) is 17.1 Å². The van der Waals surface area contributed by atoms with E-state index in [9.17, 15) is 4.79 Å². The van der Waals surface area contributed by atoms with Crippen LogP contribution in [0.3, 0.4) is 0 Å². The molecule has 0 aromatic carbocycles. The Balaban J connectivity index is 2.81. The number of nitrogens with one attached hydrogen (secondary N) is 1. The fourth-order valence-electron chi connectivity index (χ4n) is 1.15. The molecule has 0 aliphatic heterocycles. The first kappa shape index (κ1) is 11.8. The Hall–Kier alpha value is -1.32. The molecule has 1 aromatic heterocycles. The molecule has 0 saturated carbocycles. The molecule has 15 heavy (non-hydrogen) atoms. The van der Waals surface area contributed by atoms with Crippen LogP contribution in [0.1, 0.15) is 45.0 Å². The lowest BCUT2D eigenvalue weighted by Crippen LogP contribution is -2.30.